The summed E-state index contributed by atoms with van der Waals surface area (Å²) in [7, 11) is 0. The lowest BCUT2D eigenvalue weighted by molar-refractivity contribution is 0.146. The number of hydrogen-bond acceptors (Lipinski definition) is 6. The maximum atomic E-state index is 9.35. The van der Waals surface area contributed by atoms with Crippen LogP contribution in [0.2, 0.25) is 0 Å². The molecule has 4 aromatic rings. The lowest BCUT2D eigenvalue weighted by atomic mass is 10.2. The van der Waals surface area contributed by atoms with Gasteiger partial charge in [0.25, 0.3) is 0 Å². The van der Waals surface area contributed by atoms with Crippen LogP contribution >= 0.6 is 0 Å². The molecule has 0 aliphatic rings. The summed E-state index contributed by atoms with van der Waals surface area (Å²) in [5.41, 5.74) is 4.09. The van der Waals surface area contributed by atoms with Crippen molar-refractivity contribution in [1.82, 2.24) is 34.2 Å². The van der Waals surface area contributed by atoms with Gasteiger partial charge in [-0.1, -0.05) is 6.92 Å². The Morgan fingerprint density at radius 2 is 1.81 bits per heavy atom. The van der Waals surface area contributed by atoms with E-state index in [-0.39, 0.29) is 13.2 Å². The van der Waals surface area contributed by atoms with Gasteiger partial charge in [0.15, 0.2) is 0 Å². The number of fused-ring (bicyclic) bond motifs is 1. The van der Waals surface area contributed by atoms with E-state index in [4.69, 9.17) is 4.98 Å². The first kappa shape index (κ1) is 17.4. The molecule has 0 atom stereocenters. The Balaban J connectivity index is 1.78. The molecule has 0 saturated carbocycles. The Kier molecular flexibility index (Phi) is 4.69. The first-order valence-electron chi connectivity index (χ1n) is 8.87. The minimum atomic E-state index is -0.473. The van der Waals surface area contributed by atoms with Gasteiger partial charge in [-0.15, -0.1) is 0 Å². The van der Waals surface area contributed by atoms with Crippen LogP contribution in [0, 0.1) is 0 Å². The van der Waals surface area contributed by atoms with E-state index in [2.05, 4.69) is 22.2 Å². The molecule has 0 aliphatic heterocycles. The van der Waals surface area contributed by atoms with Gasteiger partial charge in [-0.2, -0.15) is 15.3 Å². The fraction of sp³-hybridized carbons (Fsp3) is 0.333. The molecule has 4 aromatic heterocycles. The average molecular weight is 367 g/mol. The van der Waals surface area contributed by atoms with Gasteiger partial charge in [0.1, 0.15) is 0 Å². The Morgan fingerprint density at radius 3 is 2.59 bits per heavy atom. The fourth-order valence-corrected chi connectivity index (χ4v) is 3.01. The third-order valence-corrected chi connectivity index (χ3v) is 4.44. The molecule has 27 heavy (non-hydrogen) atoms. The maximum absolute atomic E-state index is 9.35. The number of rotatable bonds is 7. The molecule has 0 amide bonds. The van der Waals surface area contributed by atoms with Gasteiger partial charge in [0.05, 0.1) is 60.9 Å². The van der Waals surface area contributed by atoms with Crippen LogP contribution < -0.4 is 0 Å². The van der Waals surface area contributed by atoms with Crippen molar-refractivity contribution in [3.8, 4) is 22.5 Å². The van der Waals surface area contributed by atoms with Crippen LogP contribution in [0.1, 0.15) is 19.4 Å². The van der Waals surface area contributed by atoms with Gasteiger partial charge in [0.2, 0.25) is 0 Å². The molecule has 9 heteroatoms. The SMILES string of the molecule is CCCn1cc(-c2nc(-c3cnn(C(CO)CO)c3)cn3nccc23)cn1. The Morgan fingerprint density at radius 1 is 1.00 bits per heavy atom. The fourth-order valence-electron chi connectivity index (χ4n) is 3.01. The van der Waals surface area contributed by atoms with Crippen molar-refractivity contribution in [1.29, 1.82) is 0 Å². The zero-order valence-corrected chi connectivity index (χ0v) is 15.0. The average Bonchev–Trinajstić information content (AvgIpc) is 3.42. The van der Waals surface area contributed by atoms with Crippen LogP contribution in [0.15, 0.2) is 43.2 Å². The molecule has 0 saturated heterocycles. The summed E-state index contributed by atoms with van der Waals surface area (Å²) in [6.45, 7) is 2.58. The predicted octanol–water partition coefficient (Wildman–Crippen LogP) is 1.39. The zero-order valence-electron chi connectivity index (χ0n) is 15.0. The van der Waals surface area contributed by atoms with Crippen molar-refractivity contribution in [2.75, 3.05) is 13.2 Å². The molecule has 140 valence electrons. The molecular formula is C18H21N7O2. The zero-order chi connectivity index (χ0) is 18.8. The highest BCUT2D eigenvalue weighted by Crippen LogP contribution is 2.26. The molecule has 0 spiro atoms. The predicted molar refractivity (Wildman–Crippen MR) is 98.9 cm³/mol. The van der Waals surface area contributed by atoms with Crippen LogP contribution in [0.4, 0.5) is 0 Å². The minimum absolute atomic E-state index is 0.189. The lowest BCUT2D eigenvalue weighted by Crippen LogP contribution is -2.17. The Bertz CT molecular complexity index is 1050. The largest absolute Gasteiger partial charge is 0.394 e. The van der Waals surface area contributed by atoms with Gasteiger partial charge in [-0.3, -0.25) is 9.36 Å². The van der Waals surface area contributed by atoms with Crippen LogP contribution in [0.25, 0.3) is 28.0 Å². The normalized spacial score (nSPS) is 11.7. The highest BCUT2D eigenvalue weighted by atomic mass is 16.3. The van der Waals surface area contributed by atoms with Gasteiger partial charge >= 0.3 is 0 Å². The summed E-state index contributed by atoms with van der Waals surface area (Å²) in [4.78, 5) is 4.82. The number of hydrogen-bond donors (Lipinski definition) is 2. The molecule has 0 aromatic carbocycles. The van der Waals surface area contributed by atoms with Gasteiger partial charge in [0, 0.05) is 30.1 Å². The molecule has 4 rings (SSSR count). The standard InChI is InChI=1S/C18H21N7O2/c1-2-5-23-8-14(7-20-23)18-17-3-4-19-25(17)10-16(22-18)13-6-21-24(9-13)15(11-26)12-27/h3-4,6-10,15,26-27H,2,5,11-12H2,1H3. The van der Waals surface area contributed by atoms with Crippen molar-refractivity contribution in [2.24, 2.45) is 0 Å². The first-order chi connectivity index (χ1) is 13.2. The monoisotopic (exact) mass is 367 g/mol. The molecule has 0 bridgehead atoms. The van der Waals surface area contributed by atoms with E-state index in [1.165, 1.54) is 0 Å². The molecule has 0 fully saturated rings. The van der Waals surface area contributed by atoms with Crippen molar-refractivity contribution < 1.29 is 10.2 Å². The quantitative estimate of drug-likeness (QED) is 0.511. The van der Waals surface area contributed by atoms with E-state index >= 15 is 0 Å². The number of aliphatic hydroxyl groups excluding tert-OH is 2. The second-order valence-electron chi connectivity index (χ2n) is 6.36. The van der Waals surface area contributed by atoms with Crippen LogP contribution in [0.3, 0.4) is 0 Å². The summed E-state index contributed by atoms with van der Waals surface area (Å²) >= 11 is 0. The van der Waals surface area contributed by atoms with Crippen LogP contribution in [-0.2, 0) is 6.54 Å². The van der Waals surface area contributed by atoms with Gasteiger partial charge in [-0.25, -0.2) is 9.50 Å². The molecule has 9 nitrogen and oxygen atoms in total. The lowest BCUT2D eigenvalue weighted by Gasteiger charge is -2.10. The van der Waals surface area contributed by atoms with Crippen molar-refractivity contribution >= 4 is 5.52 Å². The summed E-state index contributed by atoms with van der Waals surface area (Å²) in [6, 6.07) is 1.44. The number of aryl methyl sites for hydroxylation is 1. The topological polar surface area (TPSA) is 106 Å². The molecular weight excluding hydrogens is 346 g/mol. The molecule has 0 aliphatic carbocycles. The second kappa shape index (κ2) is 7.29. The third kappa shape index (κ3) is 3.22. The molecule has 0 radical (unpaired) electrons. The van der Waals surface area contributed by atoms with E-state index < -0.39 is 6.04 Å². The van der Waals surface area contributed by atoms with E-state index in [1.807, 2.05) is 29.3 Å². The summed E-state index contributed by atoms with van der Waals surface area (Å²) < 4.78 is 5.23. The summed E-state index contributed by atoms with van der Waals surface area (Å²) in [6.07, 6.45) is 11.8. The first-order valence-corrected chi connectivity index (χ1v) is 8.87. The summed E-state index contributed by atoms with van der Waals surface area (Å²) in [5.74, 6) is 0. The van der Waals surface area contributed by atoms with E-state index in [0.29, 0.717) is 5.69 Å². The van der Waals surface area contributed by atoms with Crippen LogP contribution in [0.5, 0.6) is 0 Å². The molecule has 2 N–H and O–H groups in total. The second-order valence-corrected chi connectivity index (χ2v) is 6.36. The minimum Gasteiger partial charge on any atom is -0.394 e. The van der Waals surface area contributed by atoms with Crippen molar-refractivity contribution in [2.45, 2.75) is 25.9 Å². The Labute approximate surface area is 155 Å². The van der Waals surface area contributed by atoms with E-state index in [9.17, 15) is 10.2 Å². The van der Waals surface area contributed by atoms with E-state index in [0.717, 1.165) is 35.3 Å². The highest BCUT2D eigenvalue weighted by molar-refractivity contribution is 5.78. The molecule has 0 unspecified atom stereocenters. The van der Waals surface area contributed by atoms with Crippen molar-refractivity contribution in [3.05, 3.63) is 43.2 Å². The maximum Gasteiger partial charge on any atom is 0.0999 e. The van der Waals surface area contributed by atoms with Crippen LogP contribution in [-0.4, -0.2) is 57.6 Å². The number of aliphatic hydroxyl groups is 2. The molecule has 4 heterocycles. The highest BCUT2D eigenvalue weighted by Gasteiger charge is 2.15. The van der Waals surface area contributed by atoms with E-state index in [1.54, 1.807) is 27.8 Å². The Hall–Kier alpha value is -3.04. The van der Waals surface area contributed by atoms with Crippen molar-refractivity contribution in [3.63, 3.8) is 0 Å². The van der Waals surface area contributed by atoms with Gasteiger partial charge < -0.3 is 10.2 Å². The van der Waals surface area contributed by atoms with Gasteiger partial charge in [-0.05, 0) is 12.5 Å². The number of nitrogens with zero attached hydrogens (tertiary/aromatic N) is 7. The smallest absolute Gasteiger partial charge is 0.0999 e. The third-order valence-electron chi connectivity index (χ3n) is 4.44. The number of aromatic nitrogens is 7. The summed E-state index contributed by atoms with van der Waals surface area (Å²) in [5, 5.41) is 31.7.